The van der Waals surface area contributed by atoms with Gasteiger partial charge in [-0.15, -0.1) is 0 Å². The summed E-state index contributed by atoms with van der Waals surface area (Å²) in [6.45, 7) is 8.26. The standard InChI is InChI=1S/C16H23NO3/c1-10(18)12-7-5-6-11-8-14(20-15(11)12)13(19)9-17-16(2,3)4/h5-8,10,13,17-19H,9H2,1-4H3/t10?,13-/m1/s1. The van der Waals surface area contributed by atoms with Gasteiger partial charge < -0.3 is 19.9 Å². The number of fused-ring (bicyclic) bond motifs is 1. The molecule has 20 heavy (non-hydrogen) atoms. The molecule has 0 aliphatic carbocycles. The van der Waals surface area contributed by atoms with Crippen molar-refractivity contribution < 1.29 is 14.6 Å². The molecule has 1 aromatic carbocycles. The lowest BCUT2D eigenvalue weighted by atomic mass is 10.1. The molecule has 0 bridgehead atoms. The van der Waals surface area contributed by atoms with Crippen LogP contribution in [-0.2, 0) is 0 Å². The van der Waals surface area contributed by atoms with E-state index in [1.165, 1.54) is 0 Å². The number of furan rings is 1. The molecule has 1 aromatic heterocycles. The Kier molecular flexibility index (Phi) is 4.18. The van der Waals surface area contributed by atoms with Crippen LogP contribution in [0.15, 0.2) is 28.7 Å². The van der Waals surface area contributed by atoms with Gasteiger partial charge in [0.15, 0.2) is 0 Å². The van der Waals surface area contributed by atoms with Crippen molar-refractivity contribution in [2.24, 2.45) is 0 Å². The molecule has 0 saturated heterocycles. The maximum atomic E-state index is 10.2. The van der Waals surface area contributed by atoms with Gasteiger partial charge in [0.2, 0.25) is 0 Å². The highest BCUT2D eigenvalue weighted by atomic mass is 16.4. The molecular weight excluding hydrogens is 254 g/mol. The molecule has 0 saturated carbocycles. The van der Waals surface area contributed by atoms with Crippen molar-refractivity contribution in [2.75, 3.05) is 6.54 Å². The zero-order valence-electron chi connectivity index (χ0n) is 12.5. The lowest BCUT2D eigenvalue weighted by Gasteiger charge is -2.22. The van der Waals surface area contributed by atoms with Crippen LogP contribution in [0.1, 0.15) is 51.2 Å². The largest absolute Gasteiger partial charge is 0.458 e. The molecular formula is C16H23NO3. The zero-order chi connectivity index (χ0) is 14.9. The first-order chi connectivity index (χ1) is 9.28. The second-order valence-corrected chi connectivity index (χ2v) is 6.24. The van der Waals surface area contributed by atoms with Gasteiger partial charge >= 0.3 is 0 Å². The number of nitrogens with one attached hydrogen (secondary N) is 1. The summed E-state index contributed by atoms with van der Waals surface area (Å²) in [6.07, 6.45) is -1.30. The van der Waals surface area contributed by atoms with Gasteiger partial charge in [-0.25, -0.2) is 0 Å². The maximum Gasteiger partial charge on any atom is 0.140 e. The highest BCUT2D eigenvalue weighted by Gasteiger charge is 2.18. The second-order valence-electron chi connectivity index (χ2n) is 6.24. The molecule has 0 aliphatic heterocycles. The predicted octanol–water partition coefficient (Wildman–Crippen LogP) is 2.91. The Balaban J connectivity index is 2.25. The van der Waals surface area contributed by atoms with Gasteiger partial charge in [-0.2, -0.15) is 0 Å². The third-order valence-corrected chi connectivity index (χ3v) is 3.20. The molecule has 0 aliphatic rings. The molecule has 4 nitrogen and oxygen atoms in total. The van der Waals surface area contributed by atoms with Gasteiger partial charge in [0, 0.05) is 23.0 Å². The van der Waals surface area contributed by atoms with Crippen LogP contribution in [-0.4, -0.2) is 22.3 Å². The van der Waals surface area contributed by atoms with Crippen LogP contribution < -0.4 is 5.32 Å². The summed E-state index contributed by atoms with van der Waals surface area (Å²) in [7, 11) is 0. The molecule has 3 N–H and O–H groups in total. The average Bonchev–Trinajstić information content (AvgIpc) is 2.78. The second kappa shape index (κ2) is 5.56. The van der Waals surface area contributed by atoms with Gasteiger partial charge in [0.1, 0.15) is 17.4 Å². The van der Waals surface area contributed by atoms with Crippen molar-refractivity contribution in [2.45, 2.75) is 45.4 Å². The summed E-state index contributed by atoms with van der Waals surface area (Å²) in [5.74, 6) is 0.518. The summed E-state index contributed by atoms with van der Waals surface area (Å²) in [6, 6.07) is 7.46. The number of hydrogen-bond acceptors (Lipinski definition) is 4. The minimum Gasteiger partial charge on any atom is -0.458 e. The fourth-order valence-electron chi connectivity index (χ4n) is 2.10. The van der Waals surface area contributed by atoms with Crippen LogP contribution >= 0.6 is 0 Å². The topological polar surface area (TPSA) is 65.6 Å². The maximum absolute atomic E-state index is 10.2. The van der Waals surface area contributed by atoms with Gasteiger partial charge in [0.05, 0.1) is 6.10 Å². The number of para-hydroxylation sites is 1. The molecule has 4 heteroatoms. The predicted molar refractivity (Wildman–Crippen MR) is 79.6 cm³/mol. The first kappa shape index (κ1) is 15.0. The highest BCUT2D eigenvalue weighted by molar-refractivity contribution is 5.81. The van der Waals surface area contributed by atoms with Crippen LogP contribution in [0.3, 0.4) is 0 Å². The number of hydrogen-bond donors (Lipinski definition) is 3. The lowest BCUT2D eigenvalue weighted by molar-refractivity contribution is 0.139. The number of benzene rings is 1. The van der Waals surface area contributed by atoms with E-state index in [2.05, 4.69) is 5.32 Å². The SMILES string of the molecule is CC(O)c1cccc2cc([C@H](O)CNC(C)(C)C)oc12. The van der Waals surface area contributed by atoms with E-state index < -0.39 is 12.2 Å². The average molecular weight is 277 g/mol. The van der Waals surface area contributed by atoms with Gasteiger partial charge in [-0.3, -0.25) is 0 Å². The van der Waals surface area contributed by atoms with Crippen LogP contribution in [0.2, 0.25) is 0 Å². The summed E-state index contributed by atoms with van der Waals surface area (Å²) in [4.78, 5) is 0. The third kappa shape index (κ3) is 3.39. The van der Waals surface area contributed by atoms with Crippen molar-refractivity contribution in [3.63, 3.8) is 0 Å². The van der Waals surface area contributed by atoms with Gasteiger partial charge in [-0.05, 0) is 33.8 Å². The summed E-state index contributed by atoms with van der Waals surface area (Å²) in [5, 5.41) is 24.1. The molecule has 0 spiro atoms. The quantitative estimate of drug-likeness (QED) is 0.804. The summed E-state index contributed by atoms with van der Waals surface area (Å²) in [5.41, 5.74) is 1.33. The molecule has 0 amide bonds. The van der Waals surface area contributed by atoms with Crippen LogP contribution in [0, 0.1) is 0 Å². The van der Waals surface area contributed by atoms with Crippen molar-refractivity contribution in [1.29, 1.82) is 0 Å². The molecule has 0 radical (unpaired) electrons. The monoisotopic (exact) mass is 277 g/mol. The Morgan fingerprint density at radius 2 is 1.95 bits per heavy atom. The van der Waals surface area contributed by atoms with Crippen molar-refractivity contribution >= 4 is 11.0 Å². The lowest BCUT2D eigenvalue weighted by Crippen LogP contribution is -2.38. The van der Waals surface area contributed by atoms with Crippen molar-refractivity contribution in [1.82, 2.24) is 5.32 Å². The van der Waals surface area contributed by atoms with E-state index in [4.69, 9.17) is 4.42 Å². The Morgan fingerprint density at radius 3 is 2.55 bits per heavy atom. The van der Waals surface area contributed by atoms with Crippen molar-refractivity contribution in [3.8, 4) is 0 Å². The van der Waals surface area contributed by atoms with Gasteiger partial charge in [0.25, 0.3) is 0 Å². The van der Waals surface area contributed by atoms with E-state index in [0.29, 0.717) is 17.9 Å². The minimum atomic E-state index is -0.705. The summed E-state index contributed by atoms with van der Waals surface area (Å²) >= 11 is 0. The van der Waals surface area contributed by atoms with Crippen molar-refractivity contribution in [3.05, 3.63) is 35.6 Å². The smallest absolute Gasteiger partial charge is 0.140 e. The molecule has 2 rings (SSSR count). The number of β-amino-alcohol motifs (C(OH)–C–C–N with tert-alkyl or cyclic N) is 1. The molecule has 1 heterocycles. The van der Waals surface area contributed by atoms with Crippen LogP contribution in [0.4, 0.5) is 0 Å². The number of aliphatic hydroxyl groups is 2. The zero-order valence-corrected chi connectivity index (χ0v) is 12.5. The third-order valence-electron chi connectivity index (χ3n) is 3.20. The normalized spacial score (nSPS) is 15.5. The molecule has 110 valence electrons. The Hall–Kier alpha value is -1.36. The Labute approximate surface area is 119 Å². The van der Waals surface area contributed by atoms with E-state index in [0.717, 1.165) is 10.9 Å². The van der Waals surface area contributed by atoms with E-state index in [1.54, 1.807) is 6.92 Å². The number of rotatable bonds is 4. The van der Waals surface area contributed by atoms with E-state index in [1.807, 2.05) is 45.0 Å². The molecule has 2 aromatic rings. The fourth-order valence-corrected chi connectivity index (χ4v) is 2.10. The molecule has 1 unspecified atom stereocenters. The van der Waals surface area contributed by atoms with Crippen LogP contribution in [0.25, 0.3) is 11.0 Å². The minimum absolute atomic E-state index is 0.0578. The van der Waals surface area contributed by atoms with Crippen LogP contribution in [0.5, 0.6) is 0 Å². The van der Waals surface area contributed by atoms with E-state index in [-0.39, 0.29) is 5.54 Å². The fraction of sp³-hybridized carbons (Fsp3) is 0.500. The first-order valence-electron chi connectivity index (χ1n) is 6.91. The summed E-state index contributed by atoms with van der Waals surface area (Å²) < 4.78 is 5.74. The Morgan fingerprint density at radius 1 is 1.25 bits per heavy atom. The van der Waals surface area contributed by atoms with E-state index >= 15 is 0 Å². The molecule has 0 fully saturated rings. The van der Waals surface area contributed by atoms with E-state index in [9.17, 15) is 10.2 Å². The highest BCUT2D eigenvalue weighted by Crippen LogP contribution is 2.29. The number of aliphatic hydroxyl groups excluding tert-OH is 2. The first-order valence-corrected chi connectivity index (χ1v) is 6.91. The molecule has 2 atom stereocenters. The van der Waals surface area contributed by atoms with Gasteiger partial charge in [-0.1, -0.05) is 18.2 Å². The Bertz CT molecular complexity index is 581.